The first-order valence-corrected chi connectivity index (χ1v) is 6.94. The van der Waals surface area contributed by atoms with Crippen LogP contribution in [-0.4, -0.2) is 24.5 Å². The van der Waals surface area contributed by atoms with E-state index >= 15 is 0 Å². The maximum atomic E-state index is 11.8. The number of carbonyl (C=O) groups is 1. The predicted octanol–water partition coefficient (Wildman–Crippen LogP) is 2.96. The average Bonchev–Trinajstić information content (AvgIpc) is 2.94. The first-order chi connectivity index (χ1) is 9.24. The molecule has 0 saturated carbocycles. The molecule has 2 rings (SSSR count). The largest absolute Gasteiger partial charge is 0.497 e. The second-order valence-electron chi connectivity index (χ2n) is 4.01. The van der Waals surface area contributed by atoms with Crippen molar-refractivity contribution in [3.63, 3.8) is 0 Å². The van der Waals surface area contributed by atoms with Crippen LogP contribution in [0.15, 0.2) is 30.5 Å². The summed E-state index contributed by atoms with van der Waals surface area (Å²) in [6.07, 6.45) is 2.55. The van der Waals surface area contributed by atoms with E-state index in [0.717, 1.165) is 22.7 Å². The number of ether oxygens (including phenoxy) is 1. The van der Waals surface area contributed by atoms with Crippen LogP contribution in [0, 0.1) is 0 Å². The Hall–Kier alpha value is -1.88. The van der Waals surface area contributed by atoms with Crippen molar-refractivity contribution in [3.8, 4) is 16.3 Å². The van der Waals surface area contributed by atoms with Crippen LogP contribution in [0.25, 0.3) is 10.6 Å². The summed E-state index contributed by atoms with van der Waals surface area (Å²) >= 11 is 1.39. The lowest BCUT2D eigenvalue weighted by Crippen LogP contribution is -2.22. The Morgan fingerprint density at radius 3 is 2.74 bits per heavy atom. The van der Waals surface area contributed by atoms with Gasteiger partial charge in [-0.2, -0.15) is 0 Å². The minimum absolute atomic E-state index is 0.0564. The summed E-state index contributed by atoms with van der Waals surface area (Å²) < 4.78 is 5.11. The third-order valence-corrected chi connectivity index (χ3v) is 3.65. The number of thiazole rings is 1. The number of hydrogen-bond acceptors (Lipinski definition) is 4. The van der Waals surface area contributed by atoms with Gasteiger partial charge in [0.25, 0.3) is 5.91 Å². The predicted molar refractivity (Wildman–Crippen MR) is 76.7 cm³/mol. The standard InChI is InChI=1S/C14H16N2O2S/c1-3-8-15-13(17)12-9-16-14(19-12)10-4-6-11(18-2)7-5-10/h4-7,9H,3,8H2,1-2H3,(H,15,17). The topological polar surface area (TPSA) is 51.2 Å². The van der Waals surface area contributed by atoms with Crippen LogP contribution in [0.5, 0.6) is 5.75 Å². The molecule has 0 aliphatic carbocycles. The van der Waals surface area contributed by atoms with Gasteiger partial charge in [-0.1, -0.05) is 6.92 Å². The number of carbonyl (C=O) groups excluding carboxylic acids is 1. The van der Waals surface area contributed by atoms with Gasteiger partial charge >= 0.3 is 0 Å². The highest BCUT2D eigenvalue weighted by Gasteiger charge is 2.10. The number of hydrogen-bond donors (Lipinski definition) is 1. The quantitative estimate of drug-likeness (QED) is 0.913. The fourth-order valence-corrected chi connectivity index (χ4v) is 2.41. The van der Waals surface area contributed by atoms with E-state index in [0.29, 0.717) is 11.4 Å². The van der Waals surface area contributed by atoms with Gasteiger partial charge in [0.2, 0.25) is 0 Å². The summed E-state index contributed by atoms with van der Waals surface area (Å²) in [5.41, 5.74) is 0.986. The molecular weight excluding hydrogens is 260 g/mol. The summed E-state index contributed by atoms with van der Waals surface area (Å²) in [5.74, 6) is 0.750. The second-order valence-corrected chi connectivity index (χ2v) is 5.04. The molecule has 0 unspecified atom stereocenters. The van der Waals surface area contributed by atoms with E-state index < -0.39 is 0 Å². The molecule has 1 amide bonds. The molecule has 0 bridgehead atoms. The third kappa shape index (κ3) is 3.32. The molecule has 0 aliphatic rings. The Bertz CT molecular complexity index is 549. The molecule has 1 aromatic carbocycles. The van der Waals surface area contributed by atoms with E-state index in [1.54, 1.807) is 13.3 Å². The highest BCUT2D eigenvalue weighted by atomic mass is 32.1. The number of rotatable bonds is 5. The molecule has 0 atom stereocenters. The summed E-state index contributed by atoms with van der Waals surface area (Å²) in [4.78, 5) is 16.7. The van der Waals surface area contributed by atoms with Gasteiger partial charge in [-0.15, -0.1) is 11.3 Å². The maximum absolute atomic E-state index is 11.8. The number of nitrogens with one attached hydrogen (secondary N) is 1. The maximum Gasteiger partial charge on any atom is 0.263 e. The van der Waals surface area contributed by atoms with Gasteiger partial charge in [0.15, 0.2) is 0 Å². The Balaban J connectivity index is 2.13. The summed E-state index contributed by atoms with van der Waals surface area (Å²) in [5, 5.41) is 3.68. The molecule has 4 nitrogen and oxygen atoms in total. The highest BCUT2D eigenvalue weighted by Crippen LogP contribution is 2.26. The molecule has 0 radical (unpaired) electrons. The normalized spacial score (nSPS) is 10.2. The van der Waals surface area contributed by atoms with Crippen molar-refractivity contribution < 1.29 is 9.53 Å². The number of aromatic nitrogens is 1. The summed E-state index contributed by atoms with van der Waals surface area (Å²) in [6, 6.07) is 7.64. The van der Waals surface area contributed by atoms with Crippen LogP contribution >= 0.6 is 11.3 Å². The molecule has 1 aromatic heterocycles. The van der Waals surface area contributed by atoms with Crippen LogP contribution in [0.1, 0.15) is 23.0 Å². The number of benzene rings is 1. The molecule has 5 heteroatoms. The molecule has 0 fully saturated rings. The fraction of sp³-hybridized carbons (Fsp3) is 0.286. The van der Waals surface area contributed by atoms with Crippen LogP contribution < -0.4 is 10.1 Å². The van der Waals surface area contributed by atoms with Crippen molar-refractivity contribution in [2.24, 2.45) is 0 Å². The van der Waals surface area contributed by atoms with E-state index in [-0.39, 0.29) is 5.91 Å². The van der Waals surface area contributed by atoms with Gasteiger partial charge in [-0.05, 0) is 30.7 Å². The molecule has 2 aromatic rings. The van der Waals surface area contributed by atoms with Crippen molar-refractivity contribution >= 4 is 17.2 Å². The van der Waals surface area contributed by atoms with Gasteiger partial charge in [-0.25, -0.2) is 4.98 Å². The molecule has 19 heavy (non-hydrogen) atoms. The van der Waals surface area contributed by atoms with E-state index in [2.05, 4.69) is 10.3 Å². The Labute approximate surface area is 116 Å². The molecule has 1 N–H and O–H groups in total. The summed E-state index contributed by atoms with van der Waals surface area (Å²) in [7, 11) is 1.63. The first kappa shape index (κ1) is 13.5. The van der Waals surface area contributed by atoms with Gasteiger partial charge in [-0.3, -0.25) is 4.79 Å². The third-order valence-electron chi connectivity index (χ3n) is 2.60. The van der Waals surface area contributed by atoms with Gasteiger partial charge in [0.1, 0.15) is 15.6 Å². The SMILES string of the molecule is CCCNC(=O)c1cnc(-c2ccc(OC)cc2)s1. The van der Waals surface area contributed by atoms with Crippen molar-refractivity contribution in [3.05, 3.63) is 35.3 Å². The average molecular weight is 276 g/mol. The van der Waals surface area contributed by atoms with E-state index in [1.165, 1.54) is 11.3 Å². The number of methoxy groups -OCH3 is 1. The minimum Gasteiger partial charge on any atom is -0.497 e. The first-order valence-electron chi connectivity index (χ1n) is 6.13. The monoisotopic (exact) mass is 276 g/mol. The second kappa shape index (κ2) is 6.33. The Kier molecular flexibility index (Phi) is 4.52. The Morgan fingerprint density at radius 1 is 1.37 bits per heavy atom. The van der Waals surface area contributed by atoms with E-state index in [1.807, 2.05) is 31.2 Å². The number of amides is 1. The molecule has 0 spiro atoms. The molecule has 100 valence electrons. The zero-order valence-electron chi connectivity index (χ0n) is 11.0. The lowest BCUT2D eigenvalue weighted by atomic mass is 10.2. The fourth-order valence-electron chi connectivity index (χ4n) is 1.57. The van der Waals surface area contributed by atoms with E-state index in [9.17, 15) is 4.79 Å². The molecule has 0 saturated heterocycles. The van der Waals surface area contributed by atoms with Crippen molar-refractivity contribution in [2.45, 2.75) is 13.3 Å². The van der Waals surface area contributed by atoms with Crippen molar-refractivity contribution in [2.75, 3.05) is 13.7 Å². The summed E-state index contributed by atoms with van der Waals surface area (Å²) in [6.45, 7) is 2.71. The molecule has 1 heterocycles. The van der Waals surface area contributed by atoms with Crippen molar-refractivity contribution in [1.82, 2.24) is 10.3 Å². The van der Waals surface area contributed by atoms with Crippen LogP contribution in [-0.2, 0) is 0 Å². The molecular formula is C14H16N2O2S. The molecule has 0 aliphatic heterocycles. The lowest BCUT2D eigenvalue weighted by molar-refractivity contribution is 0.0957. The lowest BCUT2D eigenvalue weighted by Gasteiger charge is -2.00. The Morgan fingerprint density at radius 2 is 2.11 bits per heavy atom. The zero-order valence-corrected chi connectivity index (χ0v) is 11.8. The van der Waals surface area contributed by atoms with Crippen LogP contribution in [0.4, 0.5) is 0 Å². The van der Waals surface area contributed by atoms with Gasteiger partial charge in [0.05, 0.1) is 13.3 Å². The minimum atomic E-state index is -0.0564. The smallest absolute Gasteiger partial charge is 0.263 e. The van der Waals surface area contributed by atoms with Gasteiger partial charge in [0, 0.05) is 12.1 Å². The van der Waals surface area contributed by atoms with E-state index in [4.69, 9.17) is 4.74 Å². The van der Waals surface area contributed by atoms with Gasteiger partial charge < -0.3 is 10.1 Å². The van der Waals surface area contributed by atoms with Crippen molar-refractivity contribution in [1.29, 1.82) is 0 Å². The number of nitrogens with zero attached hydrogens (tertiary/aromatic N) is 1. The van der Waals surface area contributed by atoms with Crippen LogP contribution in [0.2, 0.25) is 0 Å². The van der Waals surface area contributed by atoms with Crippen LogP contribution in [0.3, 0.4) is 0 Å². The zero-order chi connectivity index (χ0) is 13.7. The highest BCUT2D eigenvalue weighted by molar-refractivity contribution is 7.16.